The maximum Gasteiger partial charge on any atom is 0.179 e. The minimum atomic E-state index is 0.492. The molecule has 0 spiro atoms. The fraction of sp³-hybridized carbons (Fsp3) is 0.400. The second-order valence-electron chi connectivity index (χ2n) is 7.06. The van der Waals surface area contributed by atoms with Gasteiger partial charge in [-0.05, 0) is 54.8 Å². The largest absolute Gasteiger partial charge is 0.490 e. The smallest absolute Gasteiger partial charge is 0.179 e. The van der Waals surface area contributed by atoms with Crippen LogP contribution in [0.4, 0.5) is 0 Å². The molecular formula is C25H29BrClNO2. The van der Waals surface area contributed by atoms with E-state index in [-0.39, 0.29) is 0 Å². The summed E-state index contributed by atoms with van der Waals surface area (Å²) >= 11 is 9.94. The molecule has 0 saturated heterocycles. The van der Waals surface area contributed by atoms with E-state index in [1.165, 1.54) is 25.7 Å². The number of hydrogen-bond acceptors (Lipinski definition) is 3. The van der Waals surface area contributed by atoms with Gasteiger partial charge in [-0.1, -0.05) is 78.7 Å². The Morgan fingerprint density at radius 3 is 2.40 bits per heavy atom. The Balaban J connectivity index is 2.15. The monoisotopic (exact) mass is 489 g/mol. The van der Waals surface area contributed by atoms with E-state index in [0.717, 1.165) is 28.4 Å². The molecule has 0 amide bonds. The van der Waals surface area contributed by atoms with Crippen LogP contribution in [0.1, 0.15) is 63.5 Å². The van der Waals surface area contributed by atoms with Gasteiger partial charge in [0.2, 0.25) is 0 Å². The van der Waals surface area contributed by atoms with Crippen LogP contribution in [-0.4, -0.2) is 13.2 Å². The number of rotatable bonds is 12. The first-order valence-corrected chi connectivity index (χ1v) is 11.7. The SMILES string of the molecule is CCCCCCCCOc1c(Cl)cc(/C=C(\C#N)c2ccc(Br)cc2)cc1OCC. The minimum Gasteiger partial charge on any atom is -0.490 e. The van der Waals surface area contributed by atoms with E-state index in [2.05, 4.69) is 28.9 Å². The van der Waals surface area contributed by atoms with Crippen molar-refractivity contribution in [3.63, 3.8) is 0 Å². The number of allylic oxidation sites excluding steroid dienone is 1. The first kappa shape index (κ1) is 24.3. The van der Waals surface area contributed by atoms with E-state index >= 15 is 0 Å². The molecule has 2 rings (SSSR count). The second-order valence-corrected chi connectivity index (χ2v) is 8.38. The van der Waals surface area contributed by atoms with Gasteiger partial charge < -0.3 is 9.47 Å². The molecule has 0 aliphatic heterocycles. The third-order valence-corrected chi connectivity index (χ3v) is 5.47. The number of unbranched alkanes of at least 4 members (excludes halogenated alkanes) is 5. The predicted molar refractivity (Wildman–Crippen MR) is 129 cm³/mol. The van der Waals surface area contributed by atoms with Crippen molar-refractivity contribution in [2.24, 2.45) is 0 Å². The molecule has 3 nitrogen and oxygen atoms in total. The average Bonchev–Trinajstić information content (AvgIpc) is 2.74. The summed E-state index contributed by atoms with van der Waals surface area (Å²) in [7, 11) is 0. The van der Waals surface area contributed by atoms with E-state index in [1.807, 2.05) is 49.4 Å². The van der Waals surface area contributed by atoms with Crippen LogP contribution in [0, 0.1) is 11.3 Å². The molecule has 0 bridgehead atoms. The Morgan fingerprint density at radius 1 is 1.03 bits per heavy atom. The van der Waals surface area contributed by atoms with E-state index in [9.17, 15) is 5.26 Å². The molecule has 0 N–H and O–H groups in total. The normalized spacial score (nSPS) is 11.2. The summed E-state index contributed by atoms with van der Waals surface area (Å²) < 4.78 is 12.7. The van der Waals surface area contributed by atoms with Crippen molar-refractivity contribution in [2.75, 3.05) is 13.2 Å². The third kappa shape index (κ3) is 7.70. The Hall–Kier alpha value is -1.96. The van der Waals surface area contributed by atoms with Gasteiger partial charge in [-0.2, -0.15) is 5.26 Å². The number of ether oxygens (including phenoxy) is 2. The summed E-state index contributed by atoms with van der Waals surface area (Å²) in [4.78, 5) is 0. The molecule has 0 saturated carbocycles. The van der Waals surface area contributed by atoms with Crippen LogP contribution in [0.3, 0.4) is 0 Å². The molecule has 2 aromatic rings. The van der Waals surface area contributed by atoms with Crippen LogP contribution in [0.15, 0.2) is 40.9 Å². The molecule has 0 heterocycles. The van der Waals surface area contributed by atoms with Crippen molar-refractivity contribution in [3.8, 4) is 17.6 Å². The zero-order valence-corrected chi connectivity index (χ0v) is 20.1. The van der Waals surface area contributed by atoms with Crippen molar-refractivity contribution in [2.45, 2.75) is 52.4 Å². The highest BCUT2D eigenvalue weighted by molar-refractivity contribution is 9.10. The molecule has 160 valence electrons. The summed E-state index contributed by atoms with van der Waals surface area (Å²) in [5.41, 5.74) is 2.20. The molecule has 0 atom stereocenters. The summed E-state index contributed by atoms with van der Waals surface area (Å²) in [5, 5.41) is 10.1. The van der Waals surface area contributed by atoms with Gasteiger partial charge >= 0.3 is 0 Å². The van der Waals surface area contributed by atoms with Gasteiger partial charge in [0.25, 0.3) is 0 Å². The molecule has 0 radical (unpaired) electrons. The lowest BCUT2D eigenvalue weighted by atomic mass is 10.0. The van der Waals surface area contributed by atoms with Gasteiger partial charge in [-0.25, -0.2) is 0 Å². The van der Waals surface area contributed by atoms with E-state index in [1.54, 1.807) is 0 Å². The van der Waals surface area contributed by atoms with Crippen LogP contribution < -0.4 is 9.47 Å². The van der Waals surface area contributed by atoms with E-state index in [4.69, 9.17) is 21.1 Å². The van der Waals surface area contributed by atoms with Crippen molar-refractivity contribution < 1.29 is 9.47 Å². The van der Waals surface area contributed by atoms with Gasteiger partial charge in [-0.3, -0.25) is 0 Å². The standard InChI is InChI=1S/C25H29BrClNO2/c1-3-5-6-7-8-9-14-30-25-23(27)16-19(17-24(25)29-4-2)15-21(18-28)20-10-12-22(26)13-11-20/h10-13,15-17H,3-9,14H2,1-2H3/b21-15+. The predicted octanol–water partition coefficient (Wildman–Crippen LogP) is 8.30. The van der Waals surface area contributed by atoms with E-state index < -0.39 is 0 Å². The van der Waals surface area contributed by atoms with Gasteiger partial charge in [0, 0.05) is 4.47 Å². The maximum atomic E-state index is 9.61. The summed E-state index contributed by atoms with van der Waals surface area (Å²) in [5.74, 6) is 1.18. The first-order valence-electron chi connectivity index (χ1n) is 10.6. The van der Waals surface area contributed by atoms with Gasteiger partial charge in [0.05, 0.1) is 29.9 Å². The lowest BCUT2D eigenvalue weighted by Gasteiger charge is -2.15. The quantitative estimate of drug-likeness (QED) is 0.171. The molecule has 0 aliphatic rings. The molecule has 2 aromatic carbocycles. The average molecular weight is 491 g/mol. The highest BCUT2D eigenvalue weighted by atomic mass is 79.9. The lowest BCUT2D eigenvalue weighted by molar-refractivity contribution is 0.270. The fourth-order valence-corrected chi connectivity index (χ4v) is 3.65. The van der Waals surface area contributed by atoms with Crippen molar-refractivity contribution >= 4 is 39.2 Å². The van der Waals surface area contributed by atoms with Crippen LogP contribution in [0.2, 0.25) is 5.02 Å². The topological polar surface area (TPSA) is 42.2 Å². The van der Waals surface area contributed by atoms with E-state index in [0.29, 0.717) is 35.3 Å². The molecule has 0 unspecified atom stereocenters. The summed E-state index contributed by atoms with van der Waals surface area (Å²) in [6, 6.07) is 13.6. The molecule has 30 heavy (non-hydrogen) atoms. The Labute approximate surface area is 193 Å². The highest BCUT2D eigenvalue weighted by Crippen LogP contribution is 2.38. The zero-order chi connectivity index (χ0) is 21.8. The molecule has 5 heteroatoms. The molecule has 0 fully saturated rings. The number of halogens is 2. The number of nitriles is 1. The molecule has 0 aromatic heterocycles. The van der Waals surface area contributed by atoms with Crippen LogP contribution in [-0.2, 0) is 0 Å². The summed E-state index contributed by atoms with van der Waals surface area (Å²) in [6.07, 6.45) is 9.02. The van der Waals surface area contributed by atoms with Gasteiger partial charge in [0.15, 0.2) is 11.5 Å². The Bertz CT molecular complexity index is 872. The fourth-order valence-electron chi connectivity index (χ4n) is 3.11. The lowest BCUT2D eigenvalue weighted by Crippen LogP contribution is -2.02. The highest BCUT2D eigenvalue weighted by Gasteiger charge is 2.13. The van der Waals surface area contributed by atoms with Gasteiger partial charge in [-0.15, -0.1) is 0 Å². The number of benzene rings is 2. The van der Waals surface area contributed by atoms with Crippen LogP contribution in [0.25, 0.3) is 11.6 Å². The maximum absolute atomic E-state index is 9.61. The van der Waals surface area contributed by atoms with Crippen molar-refractivity contribution in [1.29, 1.82) is 5.26 Å². The molecular weight excluding hydrogens is 462 g/mol. The Morgan fingerprint density at radius 2 is 1.73 bits per heavy atom. The van der Waals surface area contributed by atoms with Gasteiger partial charge in [0.1, 0.15) is 0 Å². The van der Waals surface area contributed by atoms with Crippen LogP contribution >= 0.6 is 27.5 Å². The zero-order valence-electron chi connectivity index (χ0n) is 17.7. The number of hydrogen-bond donors (Lipinski definition) is 0. The van der Waals surface area contributed by atoms with Crippen molar-refractivity contribution in [3.05, 3.63) is 57.0 Å². The van der Waals surface area contributed by atoms with Crippen molar-refractivity contribution in [1.82, 2.24) is 0 Å². The second kappa shape index (κ2) is 13.4. The Kier molecular flexibility index (Phi) is 10.8. The summed E-state index contributed by atoms with van der Waals surface area (Å²) in [6.45, 7) is 5.27. The number of nitrogens with zero attached hydrogens (tertiary/aromatic N) is 1. The molecule has 0 aliphatic carbocycles. The van der Waals surface area contributed by atoms with Crippen LogP contribution in [0.5, 0.6) is 11.5 Å². The minimum absolute atomic E-state index is 0.492. The first-order chi connectivity index (χ1) is 14.6. The third-order valence-electron chi connectivity index (χ3n) is 4.66.